The SMILES string of the molecule is N#Cc1ccc(/C=C/C(=O)c2c(N)cccc2S(N)(=O)=O)cc1. The van der Waals surface area contributed by atoms with Gasteiger partial charge in [0.05, 0.1) is 22.1 Å². The molecule has 2 rings (SSSR count). The minimum atomic E-state index is -4.06. The smallest absolute Gasteiger partial charge is 0.238 e. The van der Waals surface area contributed by atoms with Gasteiger partial charge in [-0.25, -0.2) is 13.6 Å². The molecule has 0 atom stereocenters. The summed E-state index contributed by atoms with van der Waals surface area (Å²) < 4.78 is 23.1. The Morgan fingerprint density at radius 1 is 1.13 bits per heavy atom. The number of hydrogen-bond donors (Lipinski definition) is 2. The van der Waals surface area contributed by atoms with Crippen LogP contribution >= 0.6 is 0 Å². The van der Waals surface area contributed by atoms with Crippen molar-refractivity contribution in [2.45, 2.75) is 4.90 Å². The summed E-state index contributed by atoms with van der Waals surface area (Å²) in [5.74, 6) is -0.573. The minimum Gasteiger partial charge on any atom is -0.398 e. The van der Waals surface area contributed by atoms with Crippen molar-refractivity contribution in [3.05, 3.63) is 65.2 Å². The molecule has 0 aliphatic heterocycles. The molecule has 0 aliphatic rings. The van der Waals surface area contributed by atoms with E-state index in [0.717, 1.165) is 0 Å². The second kappa shape index (κ2) is 6.44. The first-order valence-corrected chi connectivity index (χ1v) is 8.01. The third-order valence-corrected chi connectivity index (χ3v) is 4.03. The van der Waals surface area contributed by atoms with Crippen molar-refractivity contribution in [1.29, 1.82) is 5.26 Å². The van der Waals surface area contributed by atoms with Gasteiger partial charge >= 0.3 is 0 Å². The molecule has 7 heteroatoms. The zero-order chi connectivity index (χ0) is 17.0. The van der Waals surface area contributed by atoms with Gasteiger partial charge in [-0.15, -0.1) is 0 Å². The zero-order valence-corrected chi connectivity index (χ0v) is 12.7. The van der Waals surface area contributed by atoms with Crippen LogP contribution in [0, 0.1) is 11.3 Å². The molecular weight excluding hydrogens is 314 g/mol. The van der Waals surface area contributed by atoms with Crippen LogP contribution in [-0.2, 0) is 10.0 Å². The summed E-state index contributed by atoms with van der Waals surface area (Å²) in [4.78, 5) is 12.0. The number of carbonyl (C=O) groups is 1. The van der Waals surface area contributed by atoms with E-state index in [4.69, 9.17) is 16.1 Å². The Labute approximate surface area is 133 Å². The summed E-state index contributed by atoms with van der Waals surface area (Å²) in [6.45, 7) is 0. The lowest BCUT2D eigenvalue weighted by atomic mass is 10.1. The van der Waals surface area contributed by atoms with Gasteiger partial charge in [0.25, 0.3) is 0 Å². The number of benzene rings is 2. The molecule has 0 spiro atoms. The minimum absolute atomic E-state index is 0.0333. The Morgan fingerprint density at radius 2 is 1.78 bits per heavy atom. The molecule has 0 heterocycles. The standard InChI is InChI=1S/C16H13N3O3S/c17-10-12-6-4-11(5-7-12)8-9-14(20)16-13(18)2-1-3-15(16)23(19,21)22/h1-9H,18H2,(H2,19,21,22)/b9-8+. The zero-order valence-electron chi connectivity index (χ0n) is 11.9. The third-order valence-electron chi connectivity index (χ3n) is 3.08. The van der Waals surface area contributed by atoms with E-state index >= 15 is 0 Å². The van der Waals surface area contributed by atoms with Gasteiger partial charge in [-0.2, -0.15) is 5.26 Å². The van der Waals surface area contributed by atoms with Crippen LogP contribution in [0.4, 0.5) is 5.69 Å². The van der Waals surface area contributed by atoms with E-state index in [1.165, 1.54) is 30.4 Å². The van der Waals surface area contributed by atoms with Crippen LogP contribution < -0.4 is 10.9 Å². The first kappa shape index (κ1) is 16.4. The van der Waals surface area contributed by atoms with E-state index in [1.54, 1.807) is 24.3 Å². The van der Waals surface area contributed by atoms with Gasteiger partial charge in [-0.1, -0.05) is 24.3 Å². The number of nitriles is 1. The topological polar surface area (TPSA) is 127 Å². The number of primary sulfonamides is 1. The number of sulfonamides is 1. The molecule has 2 aromatic rings. The second-order valence-corrected chi connectivity index (χ2v) is 6.23. The highest BCUT2D eigenvalue weighted by molar-refractivity contribution is 7.89. The Balaban J connectivity index is 2.38. The third kappa shape index (κ3) is 3.83. The van der Waals surface area contributed by atoms with Crippen LogP contribution in [0.2, 0.25) is 0 Å². The molecule has 0 saturated heterocycles. The van der Waals surface area contributed by atoms with Crippen LogP contribution in [0.25, 0.3) is 6.08 Å². The molecule has 0 aliphatic carbocycles. The Hall–Kier alpha value is -2.95. The molecule has 0 saturated carbocycles. The number of allylic oxidation sites excluding steroid dienone is 1. The average Bonchev–Trinajstić information content (AvgIpc) is 2.52. The summed E-state index contributed by atoms with van der Waals surface area (Å²) in [6, 6.07) is 12.6. The molecule has 0 bridgehead atoms. The molecule has 0 unspecified atom stereocenters. The van der Waals surface area contributed by atoms with E-state index in [1.807, 2.05) is 6.07 Å². The lowest BCUT2D eigenvalue weighted by molar-refractivity contribution is 0.104. The summed E-state index contributed by atoms with van der Waals surface area (Å²) >= 11 is 0. The summed E-state index contributed by atoms with van der Waals surface area (Å²) in [6.07, 6.45) is 2.71. The van der Waals surface area contributed by atoms with E-state index < -0.39 is 15.8 Å². The first-order valence-electron chi connectivity index (χ1n) is 6.47. The van der Waals surface area contributed by atoms with Gasteiger partial charge in [0.1, 0.15) is 0 Å². The maximum absolute atomic E-state index is 12.3. The quantitative estimate of drug-likeness (QED) is 0.502. The predicted octanol–water partition coefficient (Wildman–Crippen LogP) is 1.68. The predicted molar refractivity (Wildman–Crippen MR) is 86.7 cm³/mol. The van der Waals surface area contributed by atoms with Gasteiger partial charge in [0.15, 0.2) is 5.78 Å². The molecule has 23 heavy (non-hydrogen) atoms. The second-order valence-electron chi connectivity index (χ2n) is 4.70. The van der Waals surface area contributed by atoms with Crippen molar-refractivity contribution in [2.75, 3.05) is 5.73 Å². The van der Waals surface area contributed by atoms with Crippen LogP contribution in [0.5, 0.6) is 0 Å². The lowest BCUT2D eigenvalue weighted by Crippen LogP contribution is -2.17. The molecule has 116 valence electrons. The number of nitrogens with zero attached hydrogens (tertiary/aromatic N) is 1. The molecule has 6 nitrogen and oxygen atoms in total. The van der Waals surface area contributed by atoms with Crippen LogP contribution in [0.1, 0.15) is 21.5 Å². The van der Waals surface area contributed by atoms with Gasteiger partial charge < -0.3 is 5.73 Å². The van der Waals surface area contributed by atoms with Crippen molar-refractivity contribution in [2.24, 2.45) is 5.14 Å². The molecule has 0 fully saturated rings. The van der Waals surface area contributed by atoms with Crippen LogP contribution in [-0.4, -0.2) is 14.2 Å². The maximum Gasteiger partial charge on any atom is 0.238 e. The number of ketones is 1. The fourth-order valence-corrected chi connectivity index (χ4v) is 2.74. The van der Waals surface area contributed by atoms with Crippen molar-refractivity contribution >= 4 is 27.6 Å². The maximum atomic E-state index is 12.3. The van der Waals surface area contributed by atoms with E-state index in [2.05, 4.69) is 0 Å². The largest absolute Gasteiger partial charge is 0.398 e. The summed E-state index contributed by atoms with van der Waals surface area (Å²) in [5, 5.41) is 13.8. The van der Waals surface area contributed by atoms with Crippen molar-refractivity contribution < 1.29 is 13.2 Å². The van der Waals surface area contributed by atoms with Gasteiger partial charge in [-0.3, -0.25) is 4.79 Å². The number of hydrogen-bond acceptors (Lipinski definition) is 5. The number of nitrogen functional groups attached to an aromatic ring is 1. The fraction of sp³-hybridized carbons (Fsp3) is 0. The number of anilines is 1. The van der Waals surface area contributed by atoms with Gasteiger partial charge in [0.2, 0.25) is 10.0 Å². The van der Waals surface area contributed by atoms with E-state index in [9.17, 15) is 13.2 Å². The highest BCUT2D eigenvalue weighted by Crippen LogP contribution is 2.22. The summed E-state index contributed by atoms with van der Waals surface area (Å²) in [5.41, 5.74) is 6.78. The van der Waals surface area contributed by atoms with Crippen LogP contribution in [0.15, 0.2) is 53.4 Å². The molecule has 0 amide bonds. The number of nitrogens with two attached hydrogens (primary N) is 2. The van der Waals surface area contributed by atoms with Crippen molar-refractivity contribution in [3.63, 3.8) is 0 Å². The Bertz CT molecular complexity index is 924. The average molecular weight is 327 g/mol. The lowest BCUT2D eigenvalue weighted by Gasteiger charge is -2.07. The van der Waals surface area contributed by atoms with Crippen LogP contribution in [0.3, 0.4) is 0 Å². The molecule has 4 N–H and O–H groups in total. The molecule has 0 radical (unpaired) electrons. The van der Waals surface area contributed by atoms with Gasteiger partial charge in [0, 0.05) is 5.69 Å². The van der Waals surface area contributed by atoms with Gasteiger partial charge in [-0.05, 0) is 35.9 Å². The van der Waals surface area contributed by atoms with Crippen molar-refractivity contribution in [3.8, 4) is 6.07 Å². The van der Waals surface area contributed by atoms with E-state index in [-0.39, 0.29) is 16.1 Å². The van der Waals surface area contributed by atoms with E-state index in [0.29, 0.717) is 11.1 Å². The monoisotopic (exact) mass is 327 g/mol. The fourth-order valence-electron chi connectivity index (χ4n) is 1.97. The Kier molecular flexibility index (Phi) is 4.60. The first-order chi connectivity index (χ1) is 10.8. The molecule has 0 aromatic heterocycles. The number of rotatable bonds is 4. The molecule has 2 aromatic carbocycles. The Morgan fingerprint density at radius 3 is 2.35 bits per heavy atom. The number of carbonyl (C=O) groups excluding carboxylic acids is 1. The normalized spacial score (nSPS) is 11.3. The molecular formula is C16H13N3O3S. The highest BCUT2D eigenvalue weighted by atomic mass is 32.2. The summed E-state index contributed by atoms with van der Waals surface area (Å²) in [7, 11) is -4.06. The highest BCUT2D eigenvalue weighted by Gasteiger charge is 2.20. The van der Waals surface area contributed by atoms with Crippen molar-refractivity contribution in [1.82, 2.24) is 0 Å².